The van der Waals surface area contributed by atoms with Crippen molar-refractivity contribution < 1.29 is 23.1 Å². The van der Waals surface area contributed by atoms with E-state index in [1.165, 1.54) is 28.6 Å². The molecule has 1 aromatic heterocycles. The standard InChI is InChI=1S/C29H29ClF3N5O2S/c30-21-5-4-19(24(14-21)29(31,32)33)16-38-25-6-3-18(12-20(25)15-34-38)13-26-27(40)35-28(41-26)36-10-7-22(8-11-36)37-9-1-2-23(39)17-37/h3-6,12-15,22-23,39H,1-2,7-11,16-17H2. The number of amidine groups is 1. The number of aromatic nitrogens is 2. The van der Waals surface area contributed by atoms with Crippen molar-refractivity contribution >= 4 is 51.4 Å². The van der Waals surface area contributed by atoms with E-state index in [9.17, 15) is 23.1 Å². The lowest BCUT2D eigenvalue weighted by Gasteiger charge is -2.41. The summed E-state index contributed by atoms with van der Waals surface area (Å²) in [5.41, 5.74) is 0.765. The van der Waals surface area contributed by atoms with E-state index in [0.717, 1.165) is 74.0 Å². The predicted molar refractivity (Wildman–Crippen MR) is 155 cm³/mol. The Balaban J connectivity index is 1.12. The third-order valence-corrected chi connectivity index (χ3v) is 9.23. The second-order valence-corrected chi connectivity index (χ2v) is 12.2. The summed E-state index contributed by atoms with van der Waals surface area (Å²) >= 11 is 7.19. The number of benzene rings is 2. The first kappa shape index (κ1) is 28.3. The first-order valence-corrected chi connectivity index (χ1v) is 14.8. The van der Waals surface area contributed by atoms with Crippen LogP contribution >= 0.6 is 23.4 Å². The van der Waals surface area contributed by atoms with Crippen LogP contribution in [0.25, 0.3) is 17.0 Å². The third-order valence-electron chi connectivity index (χ3n) is 7.95. The SMILES string of the molecule is O=C1N=C(N2CCC(N3CCCC(O)C3)CC2)SC1=Cc1ccc2c(cnn2Cc2ccc(Cl)cc2C(F)(F)F)c1. The highest BCUT2D eigenvalue weighted by Gasteiger charge is 2.34. The summed E-state index contributed by atoms with van der Waals surface area (Å²) in [5, 5.41) is 15.8. The Labute approximate surface area is 244 Å². The van der Waals surface area contributed by atoms with Crippen LogP contribution < -0.4 is 0 Å². The number of aliphatic hydroxyl groups excluding tert-OH is 1. The van der Waals surface area contributed by atoms with Crippen LogP contribution in [-0.4, -0.2) is 74.1 Å². The molecule has 0 saturated carbocycles. The summed E-state index contributed by atoms with van der Waals surface area (Å²) in [6.45, 7) is 3.35. The molecule has 3 aromatic rings. The van der Waals surface area contributed by atoms with Gasteiger partial charge in [-0.3, -0.25) is 14.4 Å². The highest BCUT2D eigenvalue weighted by atomic mass is 35.5. The van der Waals surface area contributed by atoms with E-state index in [4.69, 9.17) is 11.6 Å². The van der Waals surface area contributed by atoms with Crippen LogP contribution in [0.3, 0.4) is 0 Å². The number of alkyl halides is 3. The number of halogens is 4. The maximum Gasteiger partial charge on any atom is 0.416 e. The Morgan fingerprint density at radius 3 is 2.66 bits per heavy atom. The first-order chi connectivity index (χ1) is 19.6. The number of carbonyl (C=O) groups excluding carboxylic acids is 1. The van der Waals surface area contributed by atoms with E-state index >= 15 is 0 Å². The average molecular weight is 604 g/mol. The number of fused-ring (bicyclic) bond motifs is 1. The Bertz CT molecular complexity index is 1530. The second-order valence-electron chi connectivity index (χ2n) is 10.7. The van der Waals surface area contributed by atoms with Gasteiger partial charge in [0.1, 0.15) is 0 Å². The van der Waals surface area contributed by atoms with Crippen LogP contribution in [0.4, 0.5) is 13.2 Å². The van der Waals surface area contributed by atoms with Crippen LogP contribution in [-0.2, 0) is 17.5 Å². The molecule has 0 radical (unpaired) electrons. The fourth-order valence-corrected chi connectivity index (χ4v) is 6.99. The zero-order valence-electron chi connectivity index (χ0n) is 22.1. The molecule has 4 heterocycles. The fraction of sp³-hybridized carbons (Fsp3) is 0.414. The molecule has 3 aliphatic heterocycles. The van der Waals surface area contributed by atoms with Gasteiger partial charge in [-0.1, -0.05) is 23.7 Å². The number of aliphatic hydroxyl groups is 1. The molecule has 1 atom stereocenters. The summed E-state index contributed by atoms with van der Waals surface area (Å²) in [4.78, 5) is 22.1. The van der Waals surface area contributed by atoms with Gasteiger partial charge < -0.3 is 10.0 Å². The zero-order chi connectivity index (χ0) is 28.7. The molecule has 7 nitrogen and oxygen atoms in total. The van der Waals surface area contributed by atoms with Crippen molar-refractivity contribution in [3.8, 4) is 0 Å². The molecule has 6 rings (SSSR count). The highest BCUT2D eigenvalue weighted by Crippen LogP contribution is 2.35. The van der Waals surface area contributed by atoms with Gasteiger partial charge in [0.15, 0.2) is 5.17 Å². The van der Waals surface area contributed by atoms with Crippen LogP contribution in [0, 0.1) is 0 Å². The summed E-state index contributed by atoms with van der Waals surface area (Å²) in [7, 11) is 0. The molecule has 0 spiro atoms. The number of piperidine rings is 2. The van der Waals surface area contributed by atoms with Gasteiger partial charge in [-0.25, -0.2) is 0 Å². The molecule has 0 aliphatic carbocycles. The molecular formula is C29H29ClF3N5O2S. The van der Waals surface area contributed by atoms with Crippen molar-refractivity contribution in [3.63, 3.8) is 0 Å². The molecule has 12 heteroatoms. The van der Waals surface area contributed by atoms with Gasteiger partial charge in [-0.15, -0.1) is 0 Å². The number of likely N-dealkylation sites (tertiary alicyclic amines) is 2. The van der Waals surface area contributed by atoms with Crippen molar-refractivity contribution in [2.75, 3.05) is 26.2 Å². The van der Waals surface area contributed by atoms with Gasteiger partial charge >= 0.3 is 6.18 Å². The van der Waals surface area contributed by atoms with Crippen molar-refractivity contribution in [1.29, 1.82) is 0 Å². The number of aliphatic imine (C=N–C) groups is 1. The topological polar surface area (TPSA) is 74.0 Å². The molecule has 2 aromatic carbocycles. The van der Waals surface area contributed by atoms with Crippen molar-refractivity contribution in [3.05, 3.63) is 69.2 Å². The van der Waals surface area contributed by atoms with E-state index in [1.54, 1.807) is 18.3 Å². The van der Waals surface area contributed by atoms with Gasteiger partial charge in [-0.2, -0.15) is 23.3 Å². The second kappa shape index (κ2) is 11.4. The molecule has 0 bridgehead atoms. The largest absolute Gasteiger partial charge is 0.416 e. The zero-order valence-corrected chi connectivity index (χ0v) is 23.7. The Morgan fingerprint density at radius 2 is 1.90 bits per heavy atom. The van der Waals surface area contributed by atoms with Gasteiger partial charge in [0.05, 0.1) is 34.8 Å². The number of amides is 1. The number of rotatable bonds is 4. The van der Waals surface area contributed by atoms with Gasteiger partial charge in [0, 0.05) is 36.1 Å². The minimum Gasteiger partial charge on any atom is -0.392 e. The first-order valence-electron chi connectivity index (χ1n) is 13.6. The maximum atomic E-state index is 13.6. The lowest BCUT2D eigenvalue weighted by Crippen LogP contribution is -2.50. The van der Waals surface area contributed by atoms with E-state index in [0.29, 0.717) is 16.5 Å². The van der Waals surface area contributed by atoms with E-state index in [2.05, 4.69) is 19.9 Å². The normalized spacial score (nSPS) is 22.2. The minimum atomic E-state index is -4.53. The van der Waals surface area contributed by atoms with E-state index < -0.39 is 11.7 Å². The molecule has 216 valence electrons. The molecule has 1 amide bonds. The highest BCUT2D eigenvalue weighted by molar-refractivity contribution is 8.18. The van der Waals surface area contributed by atoms with E-state index in [1.807, 2.05) is 12.1 Å². The fourth-order valence-electron chi connectivity index (χ4n) is 5.85. The summed E-state index contributed by atoms with van der Waals surface area (Å²) < 4.78 is 42.2. The molecule has 2 fully saturated rings. The molecule has 1 N–H and O–H groups in total. The number of nitrogens with zero attached hydrogens (tertiary/aromatic N) is 5. The van der Waals surface area contributed by atoms with Crippen molar-refractivity contribution in [1.82, 2.24) is 19.6 Å². The molecule has 1 unspecified atom stereocenters. The summed E-state index contributed by atoms with van der Waals surface area (Å²) in [6, 6.07) is 9.68. The molecular weight excluding hydrogens is 575 g/mol. The molecule has 41 heavy (non-hydrogen) atoms. The Hall–Kier alpha value is -2.86. The van der Waals surface area contributed by atoms with Crippen molar-refractivity contribution in [2.45, 2.75) is 50.6 Å². The average Bonchev–Trinajstić information content (AvgIpc) is 3.51. The number of hydrogen-bond donors (Lipinski definition) is 1. The molecule has 2 saturated heterocycles. The number of hydrogen-bond acceptors (Lipinski definition) is 6. The molecule has 3 aliphatic rings. The number of carbonyl (C=O) groups is 1. The summed E-state index contributed by atoms with van der Waals surface area (Å²) in [6.07, 6.45) is 2.49. The summed E-state index contributed by atoms with van der Waals surface area (Å²) in [5.74, 6) is -0.274. The lowest BCUT2D eigenvalue weighted by molar-refractivity contribution is -0.138. The van der Waals surface area contributed by atoms with Crippen LogP contribution in [0.15, 0.2) is 52.5 Å². The van der Waals surface area contributed by atoms with Crippen LogP contribution in [0.2, 0.25) is 5.02 Å². The minimum absolute atomic E-state index is 0.0261. The maximum absolute atomic E-state index is 13.6. The van der Waals surface area contributed by atoms with Crippen LogP contribution in [0.5, 0.6) is 0 Å². The lowest BCUT2D eigenvalue weighted by atomic mass is 9.99. The third kappa shape index (κ3) is 6.18. The smallest absolute Gasteiger partial charge is 0.392 e. The quantitative estimate of drug-likeness (QED) is 0.389. The Kier molecular flexibility index (Phi) is 7.88. The van der Waals surface area contributed by atoms with Crippen LogP contribution in [0.1, 0.15) is 42.4 Å². The Morgan fingerprint density at radius 1 is 1.10 bits per heavy atom. The van der Waals surface area contributed by atoms with Gasteiger partial charge in [0.25, 0.3) is 5.91 Å². The van der Waals surface area contributed by atoms with E-state index in [-0.39, 0.29) is 29.1 Å². The monoisotopic (exact) mass is 603 g/mol. The van der Waals surface area contributed by atoms with Gasteiger partial charge in [-0.05, 0) is 85.5 Å². The number of β-amino-alcohol motifs (C(OH)–C–C–N with tert-alkyl or cyclic N) is 1. The van der Waals surface area contributed by atoms with Crippen molar-refractivity contribution in [2.24, 2.45) is 4.99 Å². The number of thioether (sulfide) groups is 1. The predicted octanol–water partition coefficient (Wildman–Crippen LogP) is 5.65. The van der Waals surface area contributed by atoms with Gasteiger partial charge in [0.2, 0.25) is 0 Å².